The molecule has 0 saturated carbocycles. The number of hydrogen-bond acceptors (Lipinski definition) is 3. The predicted molar refractivity (Wildman–Crippen MR) is 92.4 cm³/mol. The van der Waals surface area contributed by atoms with E-state index >= 15 is 0 Å². The molecule has 0 spiro atoms. The lowest BCUT2D eigenvalue weighted by atomic mass is 10.0. The molecule has 0 fully saturated rings. The van der Waals surface area contributed by atoms with Gasteiger partial charge in [0.1, 0.15) is 11.5 Å². The van der Waals surface area contributed by atoms with E-state index in [1.165, 1.54) is 0 Å². The zero-order chi connectivity index (χ0) is 16.8. The fourth-order valence-corrected chi connectivity index (χ4v) is 2.10. The van der Waals surface area contributed by atoms with E-state index in [9.17, 15) is 4.79 Å². The third-order valence-corrected chi connectivity index (χ3v) is 3.85. The van der Waals surface area contributed by atoms with Gasteiger partial charge >= 0.3 is 0 Å². The third kappa shape index (κ3) is 4.83. The molecule has 2 unspecified atom stereocenters. The summed E-state index contributed by atoms with van der Waals surface area (Å²) in [6.07, 6.45) is 0. The first-order valence-corrected chi connectivity index (χ1v) is 7.83. The monoisotopic (exact) mass is 312 g/mol. The van der Waals surface area contributed by atoms with Crippen LogP contribution in [0, 0.1) is 12.8 Å². The van der Waals surface area contributed by atoms with Crippen molar-refractivity contribution in [2.45, 2.75) is 33.4 Å². The second-order valence-electron chi connectivity index (χ2n) is 5.89. The largest absolute Gasteiger partial charge is 0.457 e. The molecule has 2 aromatic carbocycles. The van der Waals surface area contributed by atoms with Gasteiger partial charge in [-0.25, -0.2) is 0 Å². The fourth-order valence-electron chi connectivity index (χ4n) is 2.10. The Morgan fingerprint density at radius 1 is 1.17 bits per heavy atom. The molecule has 3 N–H and O–H groups in total. The molecule has 0 aliphatic carbocycles. The van der Waals surface area contributed by atoms with Crippen LogP contribution in [-0.4, -0.2) is 11.9 Å². The summed E-state index contributed by atoms with van der Waals surface area (Å²) in [5, 5.41) is 2.93. The summed E-state index contributed by atoms with van der Waals surface area (Å²) in [5.41, 5.74) is 7.81. The van der Waals surface area contributed by atoms with Crippen molar-refractivity contribution in [3.63, 3.8) is 0 Å². The highest BCUT2D eigenvalue weighted by Crippen LogP contribution is 2.26. The van der Waals surface area contributed by atoms with Crippen molar-refractivity contribution in [1.29, 1.82) is 0 Å². The molecule has 2 aromatic rings. The highest BCUT2D eigenvalue weighted by molar-refractivity contribution is 5.79. The Balaban J connectivity index is 2.11. The molecule has 0 bridgehead atoms. The van der Waals surface area contributed by atoms with Crippen LogP contribution in [0.1, 0.15) is 25.0 Å². The lowest BCUT2D eigenvalue weighted by Gasteiger charge is -2.17. The topological polar surface area (TPSA) is 64.4 Å². The van der Waals surface area contributed by atoms with Gasteiger partial charge in [0.25, 0.3) is 0 Å². The van der Waals surface area contributed by atoms with Crippen LogP contribution in [0.3, 0.4) is 0 Å². The molecular weight excluding hydrogens is 288 g/mol. The summed E-state index contributed by atoms with van der Waals surface area (Å²) in [5.74, 6) is 1.25. The first kappa shape index (κ1) is 17.0. The molecule has 2 atom stereocenters. The minimum atomic E-state index is -0.223. The average Bonchev–Trinajstić information content (AvgIpc) is 2.54. The molecule has 4 nitrogen and oxygen atoms in total. The third-order valence-electron chi connectivity index (χ3n) is 3.85. The first-order valence-electron chi connectivity index (χ1n) is 7.83. The smallest absolute Gasteiger partial charge is 0.224 e. The Bertz CT molecular complexity index is 654. The van der Waals surface area contributed by atoms with Crippen LogP contribution in [0.15, 0.2) is 48.5 Å². The zero-order valence-corrected chi connectivity index (χ0v) is 13.9. The summed E-state index contributed by atoms with van der Waals surface area (Å²) < 4.78 is 5.95. The van der Waals surface area contributed by atoms with Crippen molar-refractivity contribution in [2.24, 2.45) is 11.7 Å². The maximum Gasteiger partial charge on any atom is 0.224 e. The number of carbonyl (C=O) groups excluding carboxylic acids is 1. The summed E-state index contributed by atoms with van der Waals surface area (Å²) in [6, 6.07) is 15.4. The van der Waals surface area contributed by atoms with Gasteiger partial charge in [-0.2, -0.15) is 0 Å². The Morgan fingerprint density at radius 2 is 1.87 bits per heavy atom. The molecule has 1 amide bonds. The van der Waals surface area contributed by atoms with E-state index in [0.717, 1.165) is 22.6 Å². The predicted octanol–water partition coefficient (Wildman–Crippen LogP) is 3.39. The standard InChI is InChI=1S/C19H24N2O2/c1-13-9-10-16(12-21-19(22)14(2)15(3)20)18(11-13)23-17-7-5-4-6-8-17/h4-11,14-15H,12,20H2,1-3H3,(H,21,22). The summed E-state index contributed by atoms with van der Waals surface area (Å²) >= 11 is 0. The van der Waals surface area contributed by atoms with Crippen LogP contribution in [0.25, 0.3) is 0 Å². The number of nitrogens with one attached hydrogen (secondary N) is 1. The molecule has 2 rings (SSSR count). The van der Waals surface area contributed by atoms with Crippen LogP contribution < -0.4 is 15.8 Å². The van der Waals surface area contributed by atoms with Crippen LogP contribution in [0.2, 0.25) is 0 Å². The molecule has 0 aromatic heterocycles. The van der Waals surface area contributed by atoms with Gasteiger partial charge in [0.15, 0.2) is 0 Å². The van der Waals surface area contributed by atoms with Gasteiger partial charge in [-0.05, 0) is 37.6 Å². The number of ether oxygens (including phenoxy) is 1. The van der Waals surface area contributed by atoms with E-state index in [0.29, 0.717) is 6.54 Å². The maximum atomic E-state index is 12.1. The highest BCUT2D eigenvalue weighted by atomic mass is 16.5. The summed E-state index contributed by atoms with van der Waals surface area (Å²) in [6.45, 7) is 6.09. The van der Waals surface area contributed by atoms with Crippen LogP contribution in [0.5, 0.6) is 11.5 Å². The molecule has 23 heavy (non-hydrogen) atoms. The number of benzene rings is 2. The minimum Gasteiger partial charge on any atom is -0.457 e. The lowest BCUT2D eigenvalue weighted by Crippen LogP contribution is -2.38. The molecule has 4 heteroatoms. The number of hydrogen-bond donors (Lipinski definition) is 2. The number of rotatable bonds is 6. The van der Waals surface area contributed by atoms with Gasteiger partial charge < -0.3 is 15.8 Å². The molecule has 0 aliphatic heterocycles. The molecule has 0 radical (unpaired) electrons. The van der Waals surface area contributed by atoms with Crippen molar-refractivity contribution >= 4 is 5.91 Å². The molecule has 0 saturated heterocycles. The van der Waals surface area contributed by atoms with E-state index in [1.807, 2.05) is 69.3 Å². The normalized spacial score (nSPS) is 13.2. The highest BCUT2D eigenvalue weighted by Gasteiger charge is 2.17. The van der Waals surface area contributed by atoms with E-state index in [4.69, 9.17) is 10.5 Å². The Labute approximate surface area is 137 Å². The van der Waals surface area contributed by atoms with Gasteiger partial charge in [-0.3, -0.25) is 4.79 Å². The average molecular weight is 312 g/mol. The molecule has 122 valence electrons. The fraction of sp³-hybridized carbons (Fsp3) is 0.316. The van der Waals surface area contributed by atoms with E-state index < -0.39 is 0 Å². The van der Waals surface area contributed by atoms with Crippen molar-refractivity contribution in [3.8, 4) is 11.5 Å². The van der Waals surface area contributed by atoms with Crippen molar-refractivity contribution in [2.75, 3.05) is 0 Å². The number of aryl methyl sites for hydroxylation is 1. The Kier molecular flexibility index (Phi) is 5.77. The number of carbonyl (C=O) groups is 1. The quantitative estimate of drug-likeness (QED) is 0.859. The lowest BCUT2D eigenvalue weighted by molar-refractivity contribution is -0.125. The molecule has 0 heterocycles. The Hall–Kier alpha value is -2.33. The molecular formula is C19H24N2O2. The van der Waals surface area contributed by atoms with Crippen LogP contribution in [0.4, 0.5) is 0 Å². The minimum absolute atomic E-state index is 0.0498. The van der Waals surface area contributed by atoms with Gasteiger partial charge in [0.2, 0.25) is 5.91 Å². The SMILES string of the molecule is Cc1ccc(CNC(=O)C(C)C(C)N)c(Oc2ccccc2)c1. The molecule has 0 aliphatic rings. The maximum absolute atomic E-state index is 12.1. The first-order chi connectivity index (χ1) is 11.0. The summed E-state index contributed by atoms with van der Waals surface area (Å²) in [4.78, 5) is 12.1. The zero-order valence-electron chi connectivity index (χ0n) is 13.9. The second-order valence-corrected chi connectivity index (χ2v) is 5.89. The van der Waals surface area contributed by atoms with Crippen molar-refractivity contribution in [1.82, 2.24) is 5.32 Å². The van der Waals surface area contributed by atoms with Crippen molar-refractivity contribution < 1.29 is 9.53 Å². The van der Waals surface area contributed by atoms with E-state index in [2.05, 4.69) is 5.32 Å². The van der Waals surface area contributed by atoms with Crippen molar-refractivity contribution in [3.05, 3.63) is 59.7 Å². The van der Waals surface area contributed by atoms with Gasteiger partial charge in [0, 0.05) is 24.1 Å². The van der Waals surface area contributed by atoms with Gasteiger partial charge in [0.05, 0.1) is 0 Å². The van der Waals surface area contributed by atoms with Crippen LogP contribution in [-0.2, 0) is 11.3 Å². The van der Waals surface area contributed by atoms with Crippen LogP contribution >= 0.6 is 0 Å². The number of nitrogens with two attached hydrogens (primary N) is 1. The van der Waals surface area contributed by atoms with E-state index in [1.54, 1.807) is 0 Å². The second kappa shape index (κ2) is 7.79. The number of amides is 1. The Morgan fingerprint density at radius 3 is 2.52 bits per heavy atom. The van der Waals surface area contributed by atoms with E-state index in [-0.39, 0.29) is 17.9 Å². The number of para-hydroxylation sites is 1. The van der Waals surface area contributed by atoms with Gasteiger partial charge in [-0.1, -0.05) is 37.3 Å². The summed E-state index contributed by atoms with van der Waals surface area (Å²) in [7, 11) is 0. The van der Waals surface area contributed by atoms with Gasteiger partial charge in [-0.15, -0.1) is 0 Å².